The van der Waals surface area contributed by atoms with Gasteiger partial charge in [-0.2, -0.15) is 0 Å². The number of aromatic nitrogens is 1. The highest BCUT2D eigenvalue weighted by Crippen LogP contribution is 2.28. The minimum Gasteiger partial charge on any atom is -0.486 e. The van der Waals surface area contributed by atoms with Crippen molar-refractivity contribution in [2.75, 3.05) is 12.0 Å². The zero-order valence-electron chi connectivity index (χ0n) is 18.0. The Morgan fingerprint density at radius 1 is 1.00 bits per heavy atom. The number of para-hydroxylation sites is 1. The Kier molecular flexibility index (Phi) is 6.18. The molecule has 32 heavy (non-hydrogen) atoms. The molecule has 162 valence electrons. The van der Waals surface area contributed by atoms with Crippen LogP contribution in [0.2, 0.25) is 0 Å². The van der Waals surface area contributed by atoms with Crippen molar-refractivity contribution in [3.8, 4) is 5.75 Å². The van der Waals surface area contributed by atoms with Crippen LogP contribution in [0.4, 0.5) is 10.5 Å². The van der Waals surface area contributed by atoms with E-state index in [9.17, 15) is 9.59 Å². The van der Waals surface area contributed by atoms with Crippen LogP contribution in [-0.2, 0) is 11.3 Å². The number of aryl methyl sites for hydroxylation is 2. The zero-order valence-corrected chi connectivity index (χ0v) is 18.8. The van der Waals surface area contributed by atoms with Crippen LogP contribution < -0.4 is 9.64 Å². The first-order valence-corrected chi connectivity index (χ1v) is 10.8. The number of carbonyl (C=O) groups is 2. The number of hydrogen-bond acceptors (Lipinski definition) is 6. The summed E-state index contributed by atoms with van der Waals surface area (Å²) in [4.78, 5) is 31.2. The molecule has 0 aliphatic heterocycles. The summed E-state index contributed by atoms with van der Waals surface area (Å²) in [6.07, 6.45) is -0.748. The Bertz CT molecular complexity index is 1250. The molecule has 0 atom stereocenters. The van der Waals surface area contributed by atoms with Gasteiger partial charge in [-0.3, -0.25) is 4.79 Å². The lowest BCUT2D eigenvalue weighted by atomic mass is 10.1. The largest absolute Gasteiger partial charge is 0.486 e. The number of hydrogen-bond donors (Lipinski definition) is 0. The van der Waals surface area contributed by atoms with Crippen molar-refractivity contribution < 1.29 is 19.1 Å². The molecule has 2 amide bonds. The zero-order chi connectivity index (χ0) is 22.7. The van der Waals surface area contributed by atoms with Gasteiger partial charge in [-0.1, -0.05) is 29.8 Å². The van der Waals surface area contributed by atoms with E-state index in [-0.39, 0.29) is 0 Å². The molecule has 0 spiro atoms. The topological polar surface area (TPSA) is 68.7 Å². The Morgan fingerprint density at radius 3 is 2.44 bits per heavy atom. The minimum atomic E-state index is -0.748. The fourth-order valence-corrected chi connectivity index (χ4v) is 4.18. The number of amides is 2. The lowest BCUT2D eigenvalue weighted by Crippen LogP contribution is -2.37. The third kappa shape index (κ3) is 4.48. The molecule has 0 aliphatic carbocycles. The van der Waals surface area contributed by atoms with Crippen molar-refractivity contribution in [2.24, 2.45) is 0 Å². The first-order chi connectivity index (χ1) is 15.5. The number of thiazole rings is 1. The Morgan fingerprint density at radius 2 is 1.75 bits per heavy atom. The highest BCUT2D eigenvalue weighted by Gasteiger charge is 2.27. The third-order valence-electron chi connectivity index (χ3n) is 4.97. The van der Waals surface area contributed by atoms with Crippen LogP contribution in [0.5, 0.6) is 5.75 Å². The molecule has 4 aromatic rings. The average Bonchev–Trinajstić information content (AvgIpc) is 3.22. The van der Waals surface area contributed by atoms with Crippen molar-refractivity contribution >= 4 is 39.2 Å². The van der Waals surface area contributed by atoms with Crippen LogP contribution in [0.3, 0.4) is 0 Å². The highest BCUT2D eigenvalue weighted by molar-refractivity contribution is 7.18. The summed E-state index contributed by atoms with van der Waals surface area (Å²) in [5, 5.41) is 0.874. The van der Waals surface area contributed by atoms with E-state index in [1.807, 2.05) is 50.2 Å². The summed E-state index contributed by atoms with van der Waals surface area (Å²) < 4.78 is 11.9. The minimum absolute atomic E-state index is 0.334. The normalized spacial score (nSPS) is 10.7. The lowest BCUT2D eigenvalue weighted by Gasteiger charge is -2.22. The van der Waals surface area contributed by atoms with E-state index in [0.717, 1.165) is 25.7 Å². The quantitative estimate of drug-likeness (QED) is 0.381. The molecule has 0 saturated heterocycles. The summed E-state index contributed by atoms with van der Waals surface area (Å²) in [6, 6.07) is 20.2. The van der Waals surface area contributed by atoms with E-state index in [4.69, 9.17) is 9.47 Å². The second kappa shape index (κ2) is 9.20. The number of benzene rings is 3. The van der Waals surface area contributed by atoms with Crippen molar-refractivity contribution in [3.05, 3.63) is 88.4 Å². The summed E-state index contributed by atoms with van der Waals surface area (Å²) in [7, 11) is 1.25. The van der Waals surface area contributed by atoms with Gasteiger partial charge in [-0.25, -0.2) is 14.7 Å². The predicted octanol–water partition coefficient (Wildman–Crippen LogP) is 5.91. The van der Waals surface area contributed by atoms with Crippen LogP contribution >= 0.6 is 11.3 Å². The number of fused-ring (bicyclic) bond motifs is 1. The Labute approximate surface area is 190 Å². The molecule has 0 saturated carbocycles. The molecule has 1 heterocycles. The molecule has 6 nitrogen and oxygen atoms in total. The second-order valence-electron chi connectivity index (χ2n) is 7.29. The van der Waals surface area contributed by atoms with Crippen LogP contribution in [0.15, 0.2) is 66.7 Å². The number of carbonyl (C=O) groups excluding carboxylic acids is 2. The standard InChI is InChI=1S/C25H22N2O4S/c1-16-8-10-18(11-9-16)24(28)27(25(29)30-3)21-13-12-19(14-17(21)2)31-15-23-26-20-6-4-5-7-22(20)32-23/h4-14H,15H2,1-3H3. The van der Waals surface area contributed by atoms with Crippen molar-refractivity contribution in [3.63, 3.8) is 0 Å². The molecule has 0 bridgehead atoms. The van der Waals surface area contributed by atoms with Gasteiger partial charge in [-0.15, -0.1) is 11.3 Å². The monoisotopic (exact) mass is 446 g/mol. The molecule has 7 heteroatoms. The number of methoxy groups -OCH3 is 1. The molecule has 0 N–H and O–H groups in total. The Hall–Kier alpha value is -3.71. The maximum Gasteiger partial charge on any atom is 0.421 e. The molecule has 0 radical (unpaired) electrons. The number of ether oxygens (including phenoxy) is 2. The summed E-state index contributed by atoms with van der Waals surface area (Å²) in [6.45, 7) is 4.09. The van der Waals surface area contributed by atoms with Crippen LogP contribution in [0.25, 0.3) is 10.2 Å². The van der Waals surface area contributed by atoms with Gasteiger partial charge in [-0.05, 0) is 61.9 Å². The van der Waals surface area contributed by atoms with Gasteiger partial charge in [0, 0.05) is 5.56 Å². The average molecular weight is 447 g/mol. The van der Waals surface area contributed by atoms with E-state index >= 15 is 0 Å². The fraction of sp³-hybridized carbons (Fsp3) is 0.160. The first-order valence-electron chi connectivity index (χ1n) is 10.0. The predicted molar refractivity (Wildman–Crippen MR) is 126 cm³/mol. The molecular formula is C25H22N2O4S. The van der Waals surface area contributed by atoms with Gasteiger partial charge in [0.05, 0.1) is 23.0 Å². The van der Waals surface area contributed by atoms with Gasteiger partial charge in [0.15, 0.2) is 0 Å². The first kappa shape index (κ1) is 21.5. The number of anilines is 1. The highest BCUT2D eigenvalue weighted by atomic mass is 32.1. The maximum atomic E-state index is 13.1. The number of rotatable bonds is 5. The van der Waals surface area contributed by atoms with Crippen LogP contribution in [0.1, 0.15) is 26.5 Å². The maximum absolute atomic E-state index is 13.1. The van der Waals surface area contributed by atoms with Crippen molar-refractivity contribution in [1.82, 2.24) is 4.98 Å². The number of imide groups is 1. The van der Waals surface area contributed by atoms with E-state index in [0.29, 0.717) is 29.2 Å². The molecule has 3 aromatic carbocycles. The Balaban J connectivity index is 1.55. The molecule has 0 fully saturated rings. The van der Waals surface area contributed by atoms with Gasteiger partial charge in [0.1, 0.15) is 17.4 Å². The van der Waals surface area contributed by atoms with E-state index in [2.05, 4.69) is 4.98 Å². The van der Waals surface area contributed by atoms with E-state index in [1.165, 1.54) is 7.11 Å². The number of nitrogens with zero attached hydrogens (tertiary/aromatic N) is 2. The molecule has 0 unspecified atom stereocenters. The van der Waals surface area contributed by atoms with E-state index < -0.39 is 12.0 Å². The van der Waals surface area contributed by atoms with Crippen LogP contribution in [-0.4, -0.2) is 24.1 Å². The fourth-order valence-electron chi connectivity index (χ4n) is 3.30. The van der Waals surface area contributed by atoms with Gasteiger partial charge >= 0.3 is 6.09 Å². The molecule has 1 aromatic heterocycles. The second-order valence-corrected chi connectivity index (χ2v) is 8.40. The summed E-state index contributed by atoms with van der Waals surface area (Å²) in [5.74, 6) is 0.168. The summed E-state index contributed by atoms with van der Waals surface area (Å²) >= 11 is 1.59. The third-order valence-corrected chi connectivity index (χ3v) is 5.98. The molecule has 0 aliphatic rings. The van der Waals surface area contributed by atoms with Crippen molar-refractivity contribution in [1.29, 1.82) is 0 Å². The van der Waals surface area contributed by atoms with Gasteiger partial charge in [0.2, 0.25) is 0 Å². The van der Waals surface area contributed by atoms with E-state index in [1.54, 1.807) is 41.7 Å². The van der Waals surface area contributed by atoms with Crippen molar-refractivity contribution in [2.45, 2.75) is 20.5 Å². The van der Waals surface area contributed by atoms with Gasteiger partial charge in [0.25, 0.3) is 5.91 Å². The van der Waals surface area contributed by atoms with Crippen LogP contribution in [0, 0.1) is 13.8 Å². The molecule has 4 rings (SSSR count). The molecular weight excluding hydrogens is 424 g/mol. The lowest BCUT2D eigenvalue weighted by molar-refractivity contribution is 0.0975. The van der Waals surface area contributed by atoms with Gasteiger partial charge < -0.3 is 9.47 Å². The summed E-state index contributed by atoms with van der Waals surface area (Å²) in [5.41, 5.74) is 3.52. The smallest absolute Gasteiger partial charge is 0.421 e. The SMILES string of the molecule is COC(=O)N(C(=O)c1ccc(C)cc1)c1ccc(OCc2nc3ccccc3s2)cc1C.